The van der Waals surface area contributed by atoms with Crippen LogP contribution in [0.25, 0.3) is 11.2 Å². The summed E-state index contributed by atoms with van der Waals surface area (Å²) in [5.74, 6) is -0.230. The number of hydrogen-bond donors (Lipinski definition) is 0. The van der Waals surface area contributed by atoms with Crippen molar-refractivity contribution in [2.45, 2.75) is 45.9 Å². The topological polar surface area (TPSA) is 82.1 Å². The lowest BCUT2D eigenvalue weighted by atomic mass is 10.0. The van der Waals surface area contributed by atoms with E-state index < -0.39 is 11.2 Å². The first-order chi connectivity index (χ1) is 16.0. The highest BCUT2D eigenvalue weighted by Crippen LogP contribution is 2.32. The van der Waals surface area contributed by atoms with Crippen LogP contribution in [0.15, 0.2) is 57.7 Å². The molecular formula is C24H25N5O3S. The number of aryl methyl sites for hydroxylation is 1. The monoisotopic (exact) mass is 463 g/mol. The first-order valence-electron chi connectivity index (χ1n) is 11.1. The standard InChI is InChI=1S/C24H25N5O3S/c1-3-26-15-25-22-21(26)23(31)29(24(32)28(22)13-17-7-5-4-6-8-17)14-20(30)27-11-9-19-18(16(27)2)10-12-33-19/h4-8,10,12,15-16H,3,9,11,13-14H2,1-2H3/t16-/m1/s1. The Morgan fingerprint density at radius 1 is 1.15 bits per heavy atom. The molecule has 0 saturated carbocycles. The van der Waals surface area contributed by atoms with E-state index in [0.717, 1.165) is 22.1 Å². The maximum Gasteiger partial charge on any atom is 0.333 e. The van der Waals surface area contributed by atoms with Gasteiger partial charge in [-0.2, -0.15) is 0 Å². The summed E-state index contributed by atoms with van der Waals surface area (Å²) in [6, 6.07) is 11.5. The summed E-state index contributed by atoms with van der Waals surface area (Å²) in [6.07, 6.45) is 2.36. The van der Waals surface area contributed by atoms with Crippen LogP contribution in [0.3, 0.4) is 0 Å². The fraction of sp³-hybridized carbons (Fsp3) is 0.333. The average Bonchev–Trinajstić information content (AvgIpc) is 3.48. The zero-order valence-electron chi connectivity index (χ0n) is 18.6. The molecule has 0 N–H and O–H groups in total. The molecule has 170 valence electrons. The highest BCUT2D eigenvalue weighted by Gasteiger charge is 2.29. The van der Waals surface area contributed by atoms with Crippen molar-refractivity contribution in [2.24, 2.45) is 0 Å². The van der Waals surface area contributed by atoms with E-state index in [0.29, 0.717) is 24.3 Å². The zero-order valence-corrected chi connectivity index (χ0v) is 19.4. The molecule has 9 heteroatoms. The van der Waals surface area contributed by atoms with Crippen molar-refractivity contribution in [1.29, 1.82) is 0 Å². The minimum absolute atomic E-state index is 0.0837. The van der Waals surface area contributed by atoms with Gasteiger partial charge in [0.05, 0.1) is 18.9 Å². The van der Waals surface area contributed by atoms with Crippen molar-refractivity contribution < 1.29 is 4.79 Å². The number of amides is 1. The molecule has 0 radical (unpaired) electrons. The average molecular weight is 464 g/mol. The van der Waals surface area contributed by atoms with Crippen LogP contribution in [0.2, 0.25) is 0 Å². The molecule has 4 heterocycles. The van der Waals surface area contributed by atoms with Crippen molar-refractivity contribution in [3.63, 3.8) is 0 Å². The Balaban J connectivity index is 1.57. The predicted octanol–water partition coefficient (Wildman–Crippen LogP) is 2.64. The van der Waals surface area contributed by atoms with Crippen LogP contribution in [-0.2, 0) is 30.8 Å². The first kappa shape index (κ1) is 21.4. The summed E-state index contributed by atoms with van der Waals surface area (Å²) in [5.41, 5.74) is 1.74. The third-order valence-electron chi connectivity index (χ3n) is 6.40. The molecule has 1 amide bonds. The Morgan fingerprint density at radius 3 is 2.70 bits per heavy atom. The molecule has 1 aromatic carbocycles. The lowest BCUT2D eigenvalue weighted by molar-refractivity contribution is -0.134. The number of benzene rings is 1. The molecule has 0 spiro atoms. The highest BCUT2D eigenvalue weighted by molar-refractivity contribution is 7.10. The van der Waals surface area contributed by atoms with Crippen LogP contribution in [-0.4, -0.2) is 36.0 Å². The van der Waals surface area contributed by atoms with Gasteiger partial charge in [0.2, 0.25) is 5.91 Å². The summed E-state index contributed by atoms with van der Waals surface area (Å²) in [7, 11) is 0. The van der Waals surface area contributed by atoms with Gasteiger partial charge in [-0.05, 0) is 42.8 Å². The second kappa shape index (κ2) is 8.47. The molecule has 1 atom stereocenters. The summed E-state index contributed by atoms with van der Waals surface area (Å²) < 4.78 is 4.28. The van der Waals surface area contributed by atoms with Gasteiger partial charge in [-0.15, -0.1) is 11.3 Å². The minimum atomic E-state index is -0.521. The number of fused-ring (bicyclic) bond motifs is 2. The minimum Gasteiger partial charge on any atom is -0.334 e. The quantitative estimate of drug-likeness (QED) is 0.456. The second-order valence-electron chi connectivity index (χ2n) is 8.26. The molecule has 8 nitrogen and oxygen atoms in total. The second-order valence-corrected chi connectivity index (χ2v) is 9.26. The van der Waals surface area contributed by atoms with Gasteiger partial charge in [-0.25, -0.2) is 14.3 Å². The van der Waals surface area contributed by atoms with Crippen molar-refractivity contribution in [3.8, 4) is 0 Å². The SMILES string of the molecule is CCn1cnc2c1c(=O)n(CC(=O)N1CCc3sccc3[C@H]1C)c(=O)n2Cc1ccccc1. The van der Waals surface area contributed by atoms with E-state index in [4.69, 9.17) is 0 Å². The van der Waals surface area contributed by atoms with Gasteiger partial charge in [-0.1, -0.05) is 30.3 Å². The number of hydrogen-bond acceptors (Lipinski definition) is 5. The maximum absolute atomic E-state index is 13.5. The van der Waals surface area contributed by atoms with E-state index in [1.165, 1.54) is 9.44 Å². The van der Waals surface area contributed by atoms with Crippen molar-refractivity contribution in [3.05, 3.63) is 84.9 Å². The third kappa shape index (κ3) is 3.62. The van der Waals surface area contributed by atoms with Gasteiger partial charge in [-0.3, -0.25) is 14.2 Å². The van der Waals surface area contributed by atoms with Gasteiger partial charge in [0.25, 0.3) is 5.56 Å². The van der Waals surface area contributed by atoms with Crippen LogP contribution < -0.4 is 11.2 Å². The number of thiophene rings is 1. The lowest BCUT2D eigenvalue weighted by Gasteiger charge is -2.33. The highest BCUT2D eigenvalue weighted by atomic mass is 32.1. The Bertz CT molecular complexity index is 1450. The van der Waals surface area contributed by atoms with E-state index in [1.54, 1.807) is 27.1 Å². The summed E-state index contributed by atoms with van der Waals surface area (Å²) in [6.45, 7) is 5.00. The molecule has 5 rings (SSSR count). The zero-order chi connectivity index (χ0) is 23.1. The molecule has 4 aromatic rings. The number of aromatic nitrogens is 4. The fourth-order valence-electron chi connectivity index (χ4n) is 4.60. The third-order valence-corrected chi connectivity index (χ3v) is 7.40. The van der Waals surface area contributed by atoms with Crippen LogP contribution in [0.5, 0.6) is 0 Å². The van der Waals surface area contributed by atoms with Gasteiger partial charge in [0.15, 0.2) is 11.2 Å². The molecule has 0 aliphatic carbocycles. The summed E-state index contributed by atoms with van der Waals surface area (Å²) in [4.78, 5) is 47.6. The van der Waals surface area contributed by atoms with Crippen LogP contribution in [0, 0.1) is 0 Å². The summed E-state index contributed by atoms with van der Waals surface area (Å²) >= 11 is 1.70. The molecular weight excluding hydrogens is 438 g/mol. The van der Waals surface area contributed by atoms with Crippen LogP contribution in [0.1, 0.15) is 35.9 Å². The number of rotatable bonds is 5. The van der Waals surface area contributed by atoms with Gasteiger partial charge >= 0.3 is 5.69 Å². The molecule has 0 unspecified atom stereocenters. The number of nitrogens with zero attached hydrogens (tertiary/aromatic N) is 5. The van der Waals surface area contributed by atoms with Gasteiger partial charge < -0.3 is 9.47 Å². The van der Waals surface area contributed by atoms with E-state index in [-0.39, 0.29) is 25.0 Å². The first-order valence-corrected chi connectivity index (χ1v) is 12.0. The Labute approximate surface area is 194 Å². The molecule has 1 aliphatic heterocycles. The van der Waals surface area contributed by atoms with Crippen molar-refractivity contribution in [1.82, 2.24) is 23.6 Å². The molecule has 33 heavy (non-hydrogen) atoms. The molecule has 3 aromatic heterocycles. The summed E-state index contributed by atoms with van der Waals surface area (Å²) in [5, 5.41) is 2.04. The molecule has 0 fully saturated rings. The van der Waals surface area contributed by atoms with E-state index in [2.05, 4.69) is 11.1 Å². The van der Waals surface area contributed by atoms with Crippen molar-refractivity contribution in [2.75, 3.05) is 6.54 Å². The number of carbonyl (C=O) groups excluding carboxylic acids is 1. The Hall–Kier alpha value is -3.46. The largest absolute Gasteiger partial charge is 0.334 e. The van der Waals surface area contributed by atoms with E-state index in [1.807, 2.05) is 49.6 Å². The van der Waals surface area contributed by atoms with Gasteiger partial charge in [0.1, 0.15) is 6.54 Å². The molecule has 0 bridgehead atoms. The number of imidazole rings is 1. The normalized spacial score (nSPS) is 15.7. The predicted molar refractivity (Wildman–Crippen MR) is 128 cm³/mol. The maximum atomic E-state index is 13.5. The van der Waals surface area contributed by atoms with E-state index in [9.17, 15) is 14.4 Å². The van der Waals surface area contributed by atoms with Crippen LogP contribution >= 0.6 is 11.3 Å². The van der Waals surface area contributed by atoms with Gasteiger partial charge in [0, 0.05) is 18.0 Å². The molecule has 0 saturated heterocycles. The lowest BCUT2D eigenvalue weighted by Crippen LogP contribution is -2.47. The smallest absolute Gasteiger partial charge is 0.333 e. The molecule has 1 aliphatic rings. The van der Waals surface area contributed by atoms with Crippen molar-refractivity contribution >= 4 is 28.4 Å². The Kier molecular flexibility index (Phi) is 5.49. The van der Waals surface area contributed by atoms with E-state index >= 15 is 0 Å². The number of carbonyl (C=O) groups is 1. The Morgan fingerprint density at radius 2 is 1.94 bits per heavy atom. The van der Waals surface area contributed by atoms with Crippen LogP contribution in [0.4, 0.5) is 0 Å². The fourth-order valence-corrected chi connectivity index (χ4v) is 5.57.